The second-order valence-electron chi connectivity index (χ2n) is 3.20. The first-order valence-electron chi connectivity index (χ1n) is 5.57. The van der Waals surface area contributed by atoms with Crippen LogP contribution in [0.1, 0.15) is 13.8 Å². The summed E-state index contributed by atoms with van der Waals surface area (Å²) >= 11 is 0. The Morgan fingerprint density at radius 1 is 0.944 bits per heavy atom. The van der Waals surface area contributed by atoms with Crippen molar-refractivity contribution in [3.05, 3.63) is 24.3 Å². The van der Waals surface area contributed by atoms with Crippen molar-refractivity contribution in [1.29, 1.82) is 0 Å². The second-order valence-corrected chi connectivity index (χ2v) is 3.20. The lowest BCUT2D eigenvalue weighted by molar-refractivity contribution is -0.138. The summed E-state index contributed by atoms with van der Waals surface area (Å²) in [5.74, 6) is -1.23. The molecule has 0 saturated heterocycles. The quantitative estimate of drug-likeness (QED) is 0.491. The Bertz CT molecular complexity index is 289. The van der Waals surface area contributed by atoms with Crippen molar-refractivity contribution in [2.75, 3.05) is 13.2 Å². The van der Waals surface area contributed by atoms with Crippen molar-refractivity contribution in [2.45, 2.75) is 26.1 Å². The molecule has 0 aliphatic rings. The van der Waals surface area contributed by atoms with Gasteiger partial charge in [-0.2, -0.15) is 0 Å². The number of hydrogen-bond acceptors (Lipinski definition) is 6. The lowest BCUT2D eigenvalue weighted by atomic mass is 10.2. The van der Waals surface area contributed by atoms with Crippen molar-refractivity contribution >= 4 is 11.9 Å². The van der Waals surface area contributed by atoms with Crippen LogP contribution in [0.3, 0.4) is 0 Å². The van der Waals surface area contributed by atoms with Gasteiger partial charge in [-0.05, 0) is 26.0 Å². The lowest BCUT2D eigenvalue weighted by Gasteiger charge is -2.09. The first kappa shape index (κ1) is 16.3. The molecule has 0 rings (SSSR count). The highest BCUT2D eigenvalue weighted by Crippen LogP contribution is 1.99. The zero-order valence-corrected chi connectivity index (χ0v) is 10.4. The van der Waals surface area contributed by atoms with E-state index in [2.05, 4.69) is 9.47 Å². The molecule has 2 unspecified atom stereocenters. The highest BCUT2D eigenvalue weighted by Gasteiger charge is 2.10. The van der Waals surface area contributed by atoms with Crippen molar-refractivity contribution in [1.82, 2.24) is 0 Å². The molecule has 0 heterocycles. The molecule has 6 nitrogen and oxygen atoms in total. The van der Waals surface area contributed by atoms with Gasteiger partial charge in [0.25, 0.3) is 0 Å². The van der Waals surface area contributed by atoms with E-state index in [-0.39, 0.29) is 13.2 Å². The first-order chi connectivity index (χ1) is 8.51. The van der Waals surface area contributed by atoms with Crippen LogP contribution in [0, 0.1) is 0 Å². The highest BCUT2D eigenvalue weighted by molar-refractivity contribution is 5.82. The van der Waals surface area contributed by atoms with E-state index in [1.807, 2.05) is 0 Å². The molecule has 0 aromatic heterocycles. The second kappa shape index (κ2) is 9.38. The molecule has 0 amide bonds. The topological polar surface area (TPSA) is 93.1 Å². The molecule has 0 aliphatic heterocycles. The van der Waals surface area contributed by atoms with Crippen LogP contribution in [0.25, 0.3) is 0 Å². The molecular formula is C12H18O6. The number of hydrogen-bond donors (Lipinski definition) is 2. The molecule has 2 N–H and O–H groups in total. The minimum absolute atomic E-state index is 0.227. The van der Waals surface area contributed by atoms with Gasteiger partial charge in [0, 0.05) is 12.2 Å². The van der Waals surface area contributed by atoms with E-state index in [4.69, 9.17) is 0 Å². The largest absolute Gasteiger partial charge is 0.463 e. The molecule has 2 atom stereocenters. The number of rotatable bonds is 7. The smallest absolute Gasteiger partial charge is 0.330 e. The Hall–Kier alpha value is -1.66. The molecule has 0 aromatic carbocycles. The fourth-order valence-corrected chi connectivity index (χ4v) is 0.963. The van der Waals surface area contributed by atoms with E-state index in [9.17, 15) is 19.8 Å². The molecule has 18 heavy (non-hydrogen) atoms. The van der Waals surface area contributed by atoms with Crippen molar-refractivity contribution in [3.63, 3.8) is 0 Å². The Labute approximate surface area is 106 Å². The molecular weight excluding hydrogens is 240 g/mol. The molecule has 0 saturated carbocycles. The predicted octanol–water partition coefficient (Wildman–Crippen LogP) is -0.0532. The molecule has 0 fully saturated rings. The van der Waals surface area contributed by atoms with E-state index < -0.39 is 24.1 Å². The van der Waals surface area contributed by atoms with Crippen LogP contribution >= 0.6 is 0 Å². The van der Waals surface area contributed by atoms with Crippen molar-refractivity contribution in [3.8, 4) is 0 Å². The third-order valence-corrected chi connectivity index (χ3v) is 1.78. The molecule has 0 bridgehead atoms. The van der Waals surface area contributed by atoms with E-state index in [0.717, 1.165) is 24.3 Å². The number of aliphatic hydroxyl groups excluding tert-OH is 2. The number of carbonyl (C=O) groups excluding carboxylic acids is 2. The van der Waals surface area contributed by atoms with Crippen LogP contribution < -0.4 is 0 Å². The van der Waals surface area contributed by atoms with E-state index >= 15 is 0 Å². The molecule has 0 spiro atoms. The third kappa shape index (κ3) is 7.59. The Morgan fingerprint density at radius 2 is 1.28 bits per heavy atom. The van der Waals surface area contributed by atoms with Gasteiger partial charge < -0.3 is 19.7 Å². The van der Waals surface area contributed by atoms with Gasteiger partial charge in [-0.15, -0.1) is 0 Å². The van der Waals surface area contributed by atoms with Gasteiger partial charge in [0.05, 0.1) is 13.2 Å². The van der Waals surface area contributed by atoms with Crippen LogP contribution in [-0.2, 0) is 19.1 Å². The van der Waals surface area contributed by atoms with Crippen molar-refractivity contribution < 1.29 is 29.3 Å². The normalized spacial score (nSPS) is 14.7. The van der Waals surface area contributed by atoms with Crippen LogP contribution in [0.2, 0.25) is 0 Å². The van der Waals surface area contributed by atoms with Crippen molar-refractivity contribution in [2.24, 2.45) is 0 Å². The Kier molecular flexibility index (Phi) is 8.51. The van der Waals surface area contributed by atoms with Crippen LogP contribution in [0.15, 0.2) is 24.3 Å². The van der Waals surface area contributed by atoms with E-state index in [1.165, 1.54) is 0 Å². The van der Waals surface area contributed by atoms with E-state index in [1.54, 1.807) is 13.8 Å². The van der Waals surface area contributed by atoms with Crippen LogP contribution in [-0.4, -0.2) is 47.6 Å². The Balaban J connectivity index is 4.21. The summed E-state index contributed by atoms with van der Waals surface area (Å²) < 4.78 is 9.18. The molecule has 0 radical (unpaired) electrons. The monoisotopic (exact) mass is 258 g/mol. The predicted molar refractivity (Wildman–Crippen MR) is 63.6 cm³/mol. The minimum Gasteiger partial charge on any atom is -0.463 e. The SMILES string of the molecule is CCOC(=O)/C=C/C(O)C(O)/C=C/C(=O)OCC. The summed E-state index contributed by atoms with van der Waals surface area (Å²) in [5, 5.41) is 18.9. The standard InChI is InChI=1S/C12H18O6/c1-3-17-11(15)7-5-9(13)10(14)6-8-12(16)18-4-2/h5-10,13-14H,3-4H2,1-2H3/b7-5+,8-6+. The van der Waals surface area contributed by atoms with Gasteiger partial charge in [0.1, 0.15) is 12.2 Å². The van der Waals surface area contributed by atoms with Gasteiger partial charge >= 0.3 is 11.9 Å². The first-order valence-corrected chi connectivity index (χ1v) is 5.57. The molecule has 6 heteroatoms. The van der Waals surface area contributed by atoms with Crippen LogP contribution in [0.5, 0.6) is 0 Å². The average Bonchev–Trinajstić information content (AvgIpc) is 2.33. The molecule has 102 valence electrons. The zero-order valence-electron chi connectivity index (χ0n) is 10.4. The van der Waals surface area contributed by atoms with E-state index in [0.29, 0.717) is 0 Å². The summed E-state index contributed by atoms with van der Waals surface area (Å²) in [4.78, 5) is 21.9. The van der Waals surface area contributed by atoms with Gasteiger partial charge in [0.2, 0.25) is 0 Å². The zero-order chi connectivity index (χ0) is 14.0. The number of carbonyl (C=O) groups is 2. The summed E-state index contributed by atoms with van der Waals surface area (Å²) in [6.45, 7) is 3.76. The number of aliphatic hydroxyl groups is 2. The summed E-state index contributed by atoms with van der Waals surface area (Å²) in [7, 11) is 0. The number of ether oxygens (including phenoxy) is 2. The third-order valence-electron chi connectivity index (χ3n) is 1.78. The Morgan fingerprint density at radius 3 is 1.56 bits per heavy atom. The van der Waals surface area contributed by atoms with Gasteiger partial charge in [-0.3, -0.25) is 0 Å². The molecule has 0 aromatic rings. The fraction of sp³-hybridized carbons (Fsp3) is 0.500. The maximum atomic E-state index is 10.9. The van der Waals surface area contributed by atoms with Gasteiger partial charge in [0.15, 0.2) is 0 Å². The van der Waals surface area contributed by atoms with Gasteiger partial charge in [-0.25, -0.2) is 9.59 Å². The summed E-state index contributed by atoms with van der Waals surface area (Å²) in [6, 6.07) is 0. The maximum Gasteiger partial charge on any atom is 0.330 e. The minimum atomic E-state index is -1.31. The average molecular weight is 258 g/mol. The summed E-state index contributed by atoms with van der Waals surface area (Å²) in [6.07, 6.45) is 1.57. The maximum absolute atomic E-state index is 10.9. The highest BCUT2D eigenvalue weighted by atomic mass is 16.5. The summed E-state index contributed by atoms with van der Waals surface area (Å²) in [5.41, 5.74) is 0. The number of esters is 2. The lowest BCUT2D eigenvalue weighted by Crippen LogP contribution is -2.22. The fourth-order valence-electron chi connectivity index (χ4n) is 0.963. The van der Waals surface area contributed by atoms with Gasteiger partial charge in [-0.1, -0.05) is 0 Å². The van der Waals surface area contributed by atoms with Crippen LogP contribution in [0.4, 0.5) is 0 Å². The molecule has 0 aliphatic carbocycles.